The van der Waals surface area contributed by atoms with E-state index in [1.54, 1.807) is 7.11 Å². The van der Waals surface area contributed by atoms with Gasteiger partial charge in [-0.2, -0.15) is 0 Å². The molecule has 0 heterocycles. The maximum atomic E-state index is 12.0. The van der Waals surface area contributed by atoms with Crippen LogP contribution in [0.1, 0.15) is 44.1 Å². The first-order chi connectivity index (χ1) is 10.8. The zero-order valence-corrected chi connectivity index (χ0v) is 14.8. The van der Waals surface area contributed by atoms with Crippen molar-refractivity contribution in [3.63, 3.8) is 0 Å². The van der Waals surface area contributed by atoms with Crippen molar-refractivity contribution in [3.05, 3.63) is 29.8 Å². The van der Waals surface area contributed by atoms with Crippen molar-refractivity contribution in [1.82, 2.24) is 10.6 Å². The Bertz CT molecular complexity index is 460. The molecule has 0 atom stereocenters. The minimum absolute atomic E-state index is 0. The molecule has 0 saturated heterocycles. The largest absolute Gasteiger partial charge is 0.496 e. The summed E-state index contributed by atoms with van der Waals surface area (Å²) >= 11 is 0. The van der Waals surface area contributed by atoms with Crippen LogP contribution in [0.25, 0.3) is 0 Å². The van der Waals surface area contributed by atoms with E-state index in [0.717, 1.165) is 17.9 Å². The summed E-state index contributed by atoms with van der Waals surface area (Å²) in [5.41, 5.74) is 0.930. The molecule has 2 N–H and O–H groups in total. The number of hydrogen-bond acceptors (Lipinski definition) is 3. The third-order valence-corrected chi connectivity index (χ3v) is 4.28. The molecule has 2 rings (SSSR count). The smallest absolute Gasteiger partial charge is 0.224 e. The van der Waals surface area contributed by atoms with Crippen molar-refractivity contribution in [3.8, 4) is 5.75 Å². The van der Waals surface area contributed by atoms with Crippen molar-refractivity contribution in [2.24, 2.45) is 0 Å². The van der Waals surface area contributed by atoms with Gasteiger partial charge in [0.25, 0.3) is 0 Å². The van der Waals surface area contributed by atoms with Crippen molar-refractivity contribution in [2.75, 3.05) is 20.2 Å². The normalized spacial score (nSPS) is 15.3. The molecule has 0 aliphatic heterocycles. The summed E-state index contributed by atoms with van der Waals surface area (Å²) in [6.45, 7) is 1.53. The molecular weight excluding hydrogens is 312 g/mol. The number of amides is 1. The first-order valence-corrected chi connectivity index (χ1v) is 8.41. The zero-order valence-electron chi connectivity index (χ0n) is 14.0. The lowest BCUT2D eigenvalue weighted by molar-refractivity contribution is -0.120. The molecule has 1 saturated carbocycles. The van der Waals surface area contributed by atoms with E-state index in [9.17, 15) is 4.79 Å². The molecule has 0 bridgehead atoms. The molecule has 4 nitrogen and oxygen atoms in total. The summed E-state index contributed by atoms with van der Waals surface area (Å²) in [5, 5.41) is 6.54. The van der Waals surface area contributed by atoms with Crippen LogP contribution < -0.4 is 15.4 Å². The highest BCUT2D eigenvalue weighted by atomic mass is 35.5. The van der Waals surface area contributed by atoms with Crippen molar-refractivity contribution in [2.45, 2.75) is 51.0 Å². The highest BCUT2D eigenvalue weighted by Crippen LogP contribution is 2.18. The van der Waals surface area contributed by atoms with Gasteiger partial charge in [-0.1, -0.05) is 43.9 Å². The fourth-order valence-corrected chi connectivity index (χ4v) is 3.05. The number of carbonyl (C=O) groups excluding carboxylic acids is 1. The quantitative estimate of drug-likeness (QED) is 0.592. The molecule has 1 aliphatic carbocycles. The summed E-state index contributed by atoms with van der Waals surface area (Å²) in [4.78, 5) is 12.0. The van der Waals surface area contributed by atoms with Crippen molar-refractivity contribution < 1.29 is 9.53 Å². The number of para-hydroxylation sites is 1. The molecule has 1 aromatic carbocycles. The van der Waals surface area contributed by atoms with Crippen LogP contribution in [0.3, 0.4) is 0 Å². The third kappa shape index (κ3) is 7.23. The molecule has 0 unspecified atom stereocenters. The van der Waals surface area contributed by atoms with Crippen LogP contribution in [-0.4, -0.2) is 32.1 Å². The number of rotatable bonds is 7. The van der Waals surface area contributed by atoms with Gasteiger partial charge in [-0.15, -0.1) is 12.4 Å². The number of methoxy groups -OCH3 is 1. The van der Waals surface area contributed by atoms with E-state index in [-0.39, 0.29) is 18.3 Å². The molecule has 0 spiro atoms. The standard InChI is InChI=1S/C18H28N2O2.ClH/c1-22-17-11-7-6-8-15(17)14-18(21)20-13-12-19-16-9-4-2-3-5-10-16;/h6-8,11,16,19H,2-5,9-10,12-14H2,1H3,(H,20,21);1H. The fraction of sp³-hybridized carbons (Fsp3) is 0.611. The number of ether oxygens (including phenoxy) is 1. The first kappa shape index (κ1) is 19.8. The molecule has 23 heavy (non-hydrogen) atoms. The maximum Gasteiger partial charge on any atom is 0.224 e. The zero-order chi connectivity index (χ0) is 15.6. The van der Waals surface area contributed by atoms with Gasteiger partial charge in [-0.05, 0) is 18.9 Å². The Hall–Kier alpha value is -1.26. The monoisotopic (exact) mass is 340 g/mol. The van der Waals surface area contributed by atoms with Crippen molar-refractivity contribution in [1.29, 1.82) is 0 Å². The second-order valence-corrected chi connectivity index (χ2v) is 5.98. The molecule has 0 radical (unpaired) electrons. The van der Waals surface area contributed by atoms with Gasteiger partial charge < -0.3 is 15.4 Å². The van der Waals surface area contributed by atoms with Crippen LogP contribution in [0.5, 0.6) is 5.75 Å². The second kappa shape index (κ2) is 11.3. The van der Waals surface area contributed by atoms with Gasteiger partial charge in [0.2, 0.25) is 5.91 Å². The highest BCUT2D eigenvalue weighted by molar-refractivity contribution is 5.85. The third-order valence-electron chi connectivity index (χ3n) is 4.28. The number of benzene rings is 1. The lowest BCUT2D eigenvalue weighted by Gasteiger charge is -2.16. The Balaban J connectivity index is 0.00000264. The summed E-state index contributed by atoms with van der Waals surface area (Å²) in [6.07, 6.45) is 8.31. The van der Waals surface area contributed by atoms with E-state index in [1.807, 2.05) is 24.3 Å². The van der Waals surface area contributed by atoms with Crippen LogP contribution in [0.4, 0.5) is 0 Å². The highest BCUT2D eigenvalue weighted by Gasteiger charge is 2.11. The number of halogens is 1. The second-order valence-electron chi connectivity index (χ2n) is 5.98. The summed E-state index contributed by atoms with van der Waals surface area (Å²) < 4.78 is 5.27. The Morgan fingerprint density at radius 1 is 1.13 bits per heavy atom. The number of carbonyl (C=O) groups is 1. The Labute approximate surface area is 145 Å². The first-order valence-electron chi connectivity index (χ1n) is 8.41. The lowest BCUT2D eigenvalue weighted by atomic mass is 10.1. The Morgan fingerprint density at radius 3 is 2.52 bits per heavy atom. The summed E-state index contributed by atoms with van der Waals surface area (Å²) in [6, 6.07) is 8.29. The minimum Gasteiger partial charge on any atom is -0.496 e. The van der Waals surface area contributed by atoms with E-state index in [0.29, 0.717) is 19.0 Å². The van der Waals surface area contributed by atoms with Crippen LogP contribution >= 0.6 is 12.4 Å². The summed E-state index contributed by atoms with van der Waals surface area (Å²) in [5.74, 6) is 0.821. The molecule has 1 aromatic rings. The van der Waals surface area contributed by atoms with Crippen LogP contribution in [-0.2, 0) is 11.2 Å². The SMILES string of the molecule is COc1ccccc1CC(=O)NCCNC1CCCCCC1.Cl. The van der Waals surface area contributed by atoms with Gasteiger partial charge >= 0.3 is 0 Å². The molecule has 1 fully saturated rings. The van der Waals surface area contributed by atoms with Crippen LogP contribution in [0, 0.1) is 0 Å². The van der Waals surface area contributed by atoms with Gasteiger partial charge in [-0.3, -0.25) is 4.79 Å². The van der Waals surface area contributed by atoms with Crippen LogP contribution in [0.15, 0.2) is 24.3 Å². The average Bonchev–Trinajstić information content (AvgIpc) is 2.81. The molecule has 1 amide bonds. The van der Waals surface area contributed by atoms with Gasteiger partial charge in [0.05, 0.1) is 13.5 Å². The lowest BCUT2D eigenvalue weighted by Crippen LogP contribution is -2.37. The minimum atomic E-state index is 0. The topological polar surface area (TPSA) is 50.4 Å². The Kier molecular flexibility index (Phi) is 9.72. The van der Waals surface area contributed by atoms with E-state index in [1.165, 1.54) is 38.5 Å². The predicted octanol–water partition coefficient (Wildman–Crippen LogP) is 3.09. The Morgan fingerprint density at radius 2 is 1.83 bits per heavy atom. The summed E-state index contributed by atoms with van der Waals surface area (Å²) in [7, 11) is 1.63. The molecule has 130 valence electrons. The molecular formula is C18H29ClN2O2. The van der Waals surface area contributed by atoms with Gasteiger partial charge in [0.15, 0.2) is 0 Å². The average molecular weight is 341 g/mol. The number of hydrogen-bond donors (Lipinski definition) is 2. The fourth-order valence-electron chi connectivity index (χ4n) is 3.05. The predicted molar refractivity (Wildman–Crippen MR) is 96.4 cm³/mol. The van der Waals surface area contributed by atoms with E-state index in [4.69, 9.17) is 4.74 Å². The maximum absolute atomic E-state index is 12.0. The van der Waals surface area contributed by atoms with E-state index < -0.39 is 0 Å². The molecule has 1 aliphatic rings. The van der Waals surface area contributed by atoms with Gasteiger partial charge in [0, 0.05) is 24.7 Å². The molecule has 5 heteroatoms. The van der Waals surface area contributed by atoms with E-state index in [2.05, 4.69) is 10.6 Å². The molecule has 0 aromatic heterocycles. The number of nitrogens with one attached hydrogen (secondary N) is 2. The van der Waals surface area contributed by atoms with Crippen LogP contribution in [0.2, 0.25) is 0 Å². The van der Waals surface area contributed by atoms with Crippen molar-refractivity contribution >= 4 is 18.3 Å². The van der Waals surface area contributed by atoms with Gasteiger partial charge in [-0.25, -0.2) is 0 Å². The van der Waals surface area contributed by atoms with Gasteiger partial charge in [0.1, 0.15) is 5.75 Å². The van der Waals surface area contributed by atoms with E-state index >= 15 is 0 Å².